The van der Waals surface area contributed by atoms with Crippen LogP contribution in [0.15, 0.2) is 12.1 Å². The molecule has 2 heteroatoms. The van der Waals surface area contributed by atoms with Crippen LogP contribution in [0.3, 0.4) is 0 Å². The summed E-state index contributed by atoms with van der Waals surface area (Å²) in [5.74, 6) is 0. The number of hydrogen-bond acceptors (Lipinski definition) is 2. The molecule has 0 radical (unpaired) electrons. The van der Waals surface area contributed by atoms with Crippen molar-refractivity contribution >= 4 is 16.8 Å². The van der Waals surface area contributed by atoms with E-state index >= 15 is 0 Å². The fraction of sp³-hybridized carbons (Fsp3) is 0.500. The van der Waals surface area contributed by atoms with Crippen LogP contribution in [-0.2, 0) is 5.41 Å². The van der Waals surface area contributed by atoms with E-state index in [9.17, 15) is 0 Å². The Morgan fingerprint density at radius 1 is 1.12 bits per heavy atom. The van der Waals surface area contributed by atoms with Gasteiger partial charge in [-0.25, -0.2) is 0 Å². The fourth-order valence-electron chi connectivity index (χ4n) is 1.86. The highest BCUT2D eigenvalue weighted by molar-refractivity contribution is 8.13. The number of rotatable bonds is 1. The van der Waals surface area contributed by atoms with E-state index in [0.29, 0.717) is 5.04 Å². The Labute approximate surface area is 103 Å². The first-order chi connectivity index (χ1) is 7.27. The van der Waals surface area contributed by atoms with E-state index in [0.717, 1.165) is 5.56 Å². The summed E-state index contributed by atoms with van der Waals surface area (Å²) in [4.78, 5) is 0. The molecule has 0 aliphatic rings. The van der Waals surface area contributed by atoms with Crippen LogP contribution in [0.25, 0.3) is 0 Å². The second kappa shape index (κ2) is 4.62. The largest absolute Gasteiger partial charge is 0.293 e. The summed E-state index contributed by atoms with van der Waals surface area (Å²) in [7, 11) is 0. The molecule has 0 fully saturated rings. The molecule has 88 valence electrons. The summed E-state index contributed by atoms with van der Waals surface area (Å²) in [6.45, 7) is 10.9. The molecule has 0 heterocycles. The third-order valence-electron chi connectivity index (χ3n) is 2.83. The molecule has 1 nitrogen and oxygen atoms in total. The Bertz CT molecular complexity index is 390. The molecule has 1 rings (SSSR count). The van der Waals surface area contributed by atoms with E-state index in [2.05, 4.69) is 46.8 Å². The summed E-state index contributed by atoms with van der Waals surface area (Å²) >= 11 is 1.50. The lowest BCUT2D eigenvalue weighted by Gasteiger charge is -2.22. The molecule has 0 aliphatic heterocycles. The highest BCUT2D eigenvalue weighted by Crippen LogP contribution is 2.28. The van der Waals surface area contributed by atoms with E-state index in [1.54, 1.807) is 0 Å². The Balaban J connectivity index is 3.34. The van der Waals surface area contributed by atoms with Gasteiger partial charge in [-0.05, 0) is 42.2 Å². The summed E-state index contributed by atoms with van der Waals surface area (Å²) in [6, 6.07) is 4.43. The van der Waals surface area contributed by atoms with Crippen molar-refractivity contribution in [3.05, 3.63) is 34.4 Å². The maximum atomic E-state index is 7.95. The average Bonchev–Trinajstić information content (AvgIpc) is 2.14. The van der Waals surface area contributed by atoms with Crippen molar-refractivity contribution < 1.29 is 0 Å². The average molecular weight is 235 g/mol. The van der Waals surface area contributed by atoms with Gasteiger partial charge in [0.2, 0.25) is 0 Å². The summed E-state index contributed by atoms with van der Waals surface area (Å²) in [6.07, 6.45) is 1.96. The third kappa shape index (κ3) is 2.67. The van der Waals surface area contributed by atoms with Crippen LogP contribution in [0, 0.1) is 19.3 Å². The second-order valence-electron chi connectivity index (χ2n) is 5.27. The van der Waals surface area contributed by atoms with Gasteiger partial charge in [-0.1, -0.05) is 32.9 Å². The van der Waals surface area contributed by atoms with Crippen LogP contribution in [0.4, 0.5) is 0 Å². The predicted molar refractivity (Wildman–Crippen MR) is 75.0 cm³/mol. The number of thioether (sulfide) groups is 1. The molecule has 1 aromatic carbocycles. The Morgan fingerprint density at radius 3 is 1.88 bits per heavy atom. The monoisotopic (exact) mass is 235 g/mol. The van der Waals surface area contributed by atoms with Gasteiger partial charge in [0, 0.05) is 5.56 Å². The summed E-state index contributed by atoms with van der Waals surface area (Å²) in [5.41, 5.74) is 5.05. The number of benzene rings is 1. The van der Waals surface area contributed by atoms with E-state index in [-0.39, 0.29) is 5.41 Å². The first-order valence-electron chi connectivity index (χ1n) is 5.52. The number of nitrogens with one attached hydrogen (secondary N) is 1. The fourth-order valence-corrected chi connectivity index (χ4v) is 2.38. The van der Waals surface area contributed by atoms with Crippen LogP contribution < -0.4 is 0 Å². The third-order valence-corrected chi connectivity index (χ3v) is 3.44. The summed E-state index contributed by atoms with van der Waals surface area (Å²) in [5, 5.41) is 8.61. The predicted octanol–water partition coefficient (Wildman–Crippen LogP) is 4.29. The van der Waals surface area contributed by atoms with Crippen LogP contribution in [-0.4, -0.2) is 11.3 Å². The minimum absolute atomic E-state index is 0.176. The van der Waals surface area contributed by atoms with Crippen LogP contribution in [0.5, 0.6) is 0 Å². The maximum Gasteiger partial charge on any atom is 0.0945 e. The molecule has 0 bridgehead atoms. The van der Waals surface area contributed by atoms with Gasteiger partial charge in [-0.15, -0.1) is 11.8 Å². The van der Waals surface area contributed by atoms with Gasteiger partial charge in [0.15, 0.2) is 0 Å². The lowest BCUT2D eigenvalue weighted by atomic mass is 9.84. The molecule has 0 unspecified atom stereocenters. The summed E-state index contributed by atoms with van der Waals surface area (Å²) < 4.78 is 0. The van der Waals surface area contributed by atoms with E-state index < -0.39 is 0 Å². The molecular formula is C14H21NS. The van der Waals surface area contributed by atoms with Gasteiger partial charge in [-0.2, -0.15) is 0 Å². The lowest BCUT2D eigenvalue weighted by Crippen LogP contribution is -2.13. The molecule has 1 N–H and O–H groups in total. The van der Waals surface area contributed by atoms with Crippen molar-refractivity contribution in [1.29, 1.82) is 5.41 Å². The Morgan fingerprint density at radius 2 is 1.56 bits per heavy atom. The lowest BCUT2D eigenvalue weighted by molar-refractivity contribution is 0.589. The van der Waals surface area contributed by atoms with Crippen molar-refractivity contribution in [2.75, 3.05) is 6.26 Å². The highest BCUT2D eigenvalue weighted by atomic mass is 32.2. The van der Waals surface area contributed by atoms with Gasteiger partial charge in [-0.3, -0.25) is 5.41 Å². The van der Waals surface area contributed by atoms with Gasteiger partial charge < -0.3 is 0 Å². The van der Waals surface area contributed by atoms with Gasteiger partial charge in [0.25, 0.3) is 0 Å². The van der Waals surface area contributed by atoms with E-state index in [1.165, 1.54) is 28.5 Å². The standard InChI is InChI=1S/C14H21NS/c1-9-7-11(14(3,4)5)8-10(2)12(9)13(15)16-6/h7-8,15H,1-6H3. The molecule has 0 aromatic heterocycles. The normalized spacial score (nSPS) is 11.6. The van der Waals surface area contributed by atoms with E-state index in [1.807, 2.05) is 6.26 Å². The topological polar surface area (TPSA) is 23.9 Å². The zero-order valence-electron chi connectivity index (χ0n) is 11.1. The van der Waals surface area contributed by atoms with Crippen molar-refractivity contribution in [1.82, 2.24) is 0 Å². The second-order valence-corrected chi connectivity index (χ2v) is 6.08. The zero-order valence-corrected chi connectivity index (χ0v) is 11.9. The smallest absolute Gasteiger partial charge is 0.0945 e. The van der Waals surface area contributed by atoms with Crippen molar-refractivity contribution in [2.24, 2.45) is 0 Å². The van der Waals surface area contributed by atoms with E-state index in [4.69, 9.17) is 5.41 Å². The number of hydrogen-bond donors (Lipinski definition) is 1. The van der Waals surface area contributed by atoms with Crippen LogP contribution in [0.1, 0.15) is 43.0 Å². The van der Waals surface area contributed by atoms with Crippen molar-refractivity contribution in [3.63, 3.8) is 0 Å². The number of aryl methyl sites for hydroxylation is 2. The van der Waals surface area contributed by atoms with Gasteiger partial charge in [0.1, 0.15) is 0 Å². The van der Waals surface area contributed by atoms with Gasteiger partial charge >= 0.3 is 0 Å². The molecule has 0 saturated carbocycles. The first-order valence-corrected chi connectivity index (χ1v) is 6.74. The zero-order chi connectivity index (χ0) is 12.5. The molecular weight excluding hydrogens is 214 g/mol. The Kier molecular flexibility index (Phi) is 3.84. The molecule has 0 saturated heterocycles. The molecule has 0 aliphatic carbocycles. The van der Waals surface area contributed by atoms with Gasteiger partial charge in [0.05, 0.1) is 5.04 Å². The quantitative estimate of drug-likeness (QED) is 0.570. The highest BCUT2D eigenvalue weighted by Gasteiger charge is 2.17. The molecule has 0 spiro atoms. The molecule has 0 atom stereocenters. The molecule has 16 heavy (non-hydrogen) atoms. The van der Waals surface area contributed by atoms with Crippen molar-refractivity contribution in [3.8, 4) is 0 Å². The Hall–Kier alpha value is -0.760. The minimum atomic E-state index is 0.176. The van der Waals surface area contributed by atoms with Crippen molar-refractivity contribution in [2.45, 2.75) is 40.0 Å². The first kappa shape index (κ1) is 13.3. The molecule has 1 aromatic rings. The van der Waals surface area contributed by atoms with Crippen LogP contribution in [0.2, 0.25) is 0 Å². The SMILES string of the molecule is CSC(=N)c1c(C)cc(C(C)(C)C)cc1C. The molecule has 0 amide bonds. The minimum Gasteiger partial charge on any atom is -0.293 e. The maximum absolute atomic E-state index is 7.95. The van der Waals surface area contributed by atoms with Crippen LogP contribution >= 0.6 is 11.8 Å².